The van der Waals surface area contributed by atoms with Gasteiger partial charge in [0, 0.05) is 37.9 Å². The van der Waals surface area contributed by atoms with E-state index in [-0.39, 0.29) is 18.4 Å². The summed E-state index contributed by atoms with van der Waals surface area (Å²) in [4.78, 5) is 23.4. The molecule has 8 heteroatoms. The Balaban J connectivity index is 1.51. The molecular weight excluding hydrogens is 368 g/mol. The van der Waals surface area contributed by atoms with Crippen LogP contribution in [-0.4, -0.2) is 52.9 Å². The van der Waals surface area contributed by atoms with Crippen molar-refractivity contribution in [1.29, 1.82) is 0 Å². The molecular formula is C21H24N6O2. The number of aromatic nitrogens is 4. The Labute approximate surface area is 169 Å². The molecule has 8 nitrogen and oxygen atoms in total. The Kier molecular flexibility index (Phi) is 5.81. The summed E-state index contributed by atoms with van der Waals surface area (Å²) in [6, 6.07) is 11.9. The van der Waals surface area contributed by atoms with Gasteiger partial charge in [-0.05, 0) is 18.9 Å². The first-order chi connectivity index (χ1) is 14.2. The van der Waals surface area contributed by atoms with E-state index in [2.05, 4.69) is 25.4 Å². The molecule has 29 heavy (non-hydrogen) atoms. The monoisotopic (exact) mass is 392 g/mol. The third kappa shape index (κ3) is 4.43. The summed E-state index contributed by atoms with van der Waals surface area (Å²) in [6.07, 6.45) is 5.50. The molecule has 4 rings (SSSR count). The Hall–Kier alpha value is -3.26. The van der Waals surface area contributed by atoms with Crippen LogP contribution < -0.4 is 10.2 Å². The van der Waals surface area contributed by atoms with Crippen LogP contribution in [0.4, 0.5) is 11.5 Å². The number of benzene rings is 1. The number of nitrogens with zero attached hydrogens (tertiary/aromatic N) is 4. The van der Waals surface area contributed by atoms with E-state index in [1.807, 2.05) is 36.4 Å². The van der Waals surface area contributed by atoms with E-state index in [0.717, 1.165) is 48.8 Å². The van der Waals surface area contributed by atoms with E-state index in [1.54, 1.807) is 12.4 Å². The molecule has 0 spiro atoms. The number of carbonyl (C=O) groups is 1. The van der Waals surface area contributed by atoms with Crippen LogP contribution >= 0.6 is 0 Å². The van der Waals surface area contributed by atoms with E-state index in [1.165, 1.54) is 7.11 Å². The van der Waals surface area contributed by atoms with Gasteiger partial charge in [0.05, 0.1) is 17.6 Å². The highest BCUT2D eigenvalue weighted by Gasteiger charge is 2.26. The molecule has 1 aliphatic heterocycles. The van der Waals surface area contributed by atoms with Crippen molar-refractivity contribution in [2.45, 2.75) is 18.8 Å². The predicted molar refractivity (Wildman–Crippen MR) is 111 cm³/mol. The molecule has 3 heterocycles. The highest BCUT2D eigenvalue weighted by Crippen LogP contribution is 2.32. The first kappa shape index (κ1) is 19.1. The standard InChI is InChI=1S/C21H24N6O2/c1-29-14-19(28)24-17-12-23-26-20(17)16-8-5-11-27(13-16)18-9-10-22-21(25-18)15-6-3-2-4-7-15/h2-4,6-7,9-10,12,16H,5,8,11,13-14H2,1H3,(H,23,26)(H,24,28)/t16-/m1/s1. The highest BCUT2D eigenvalue weighted by molar-refractivity contribution is 5.92. The van der Waals surface area contributed by atoms with Crippen molar-refractivity contribution in [3.63, 3.8) is 0 Å². The Morgan fingerprint density at radius 2 is 2.17 bits per heavy atom. The van der Waals surface area contributed by atoms with Crippen molar-refractivity contribution < 1.29 is 9.53 Å². The van der Waals surface area contributed by atoms with Gasteiger partial charge in [-0.2, -0.15) is 5.10 Å². The number of hydrogen-bond donors (Lipinski definition) is 2. The molecule has 150 valence electrons. The number of ether oxygens (including phenoxy) is 1. The Morgan fingerprint density at radius 3 is 3.00 bits per heavy atom. The zero-order valence-electron chi connectivity index (χ0n) is 16.3. The summed E-state index contributed by atoms with van der Waals surface area (Å²) in [5, 5.41) is 10.1. The number of piperidine rings is 1. The molecule has 1 fully saturated rings. The second-order valence-electron chi connectivity index (χ2n) is 7.07. The topological polar surface area (TPSA) is 96.0 Å². The molecule has 3 aromatic rings. The molecule has 1 aromatic carbocycles. The second kappa shape index (κ2) is 8.83. The van der Waals surface area contributed by atoms with Gasteiger partial charge in [0.15, 0.2) is 5.82 Å². The lowest BCUT2D eigenvalue weighted by Gasteiger charge is -2.33. The number of methoxy groups -OCH3 is 1. The Morgan fingerprint density at radius 1 is 1.31 bits per heavy atom. The van der Waals surface area contributed by atoms with Gasteiger partial charge >= 0.3 is 0 Å². The van der Waals surface area contributed by atoms with E-state index in [9.17, 15) is 4.79 Å². The highest BCUT2D eigenvalue weighted by atomic mass is 16.5. The minimum Gasteiger partial charge on any atom is -0.375 e. The maximum absolute atomic E-state index is 11.9. The van der Waals surface area contributed by atoms with Crippen molar-refractivity contribution in [2.24, 2.45) is 0 Å². The average Bonchev–Trinajstić information content (AvgIpc) is 3.23. The molecule has 0 unspecified atom stereocenters. The summed E-state index contributed by atoms with van der Waals surface area (Å²) in [6.45, 7) is 1.74. The van der Waals surface area contributed by atoms with Gasteiger partial charge in [0.2, 0.25) is 5.91 Å². The smallest absolute Gasteiger partial charge is 0.250 e. The third-order valence-electron chi connectivity index (χ3n) is 5.04. The summed E-state index contributed by atoms with van der Waals surface area (Å²) in [5.41, 5.74) is 2.66. The normalized spacial score (nSPS) is 16.6. The SMILES string of the molecule is COCC(=O)Nc1cn[nH]c1[C@@H]1CCCN(c2ccnc(-c3ccccc3)n2)C1. The molecule has 2 aromatic heterocycles. The van der Waals surface area contributed by atoms with Crippen molar-refractivity contribution in [2.75, 3.05) is 37.0 Å². The van der Waals surface area contributed by atoms with Gasteiger partial charge in [-0.25, -0.2) is 9.97 Å². The summed E-state index contributed by atoms with van der Waals surface area (Å²) in [7, 11) is 1.50. The Bertz CT molecular complexity index is 959. The van der Waals surface area contributed by atoms with Crippen LogP contribution in [0.5, 0.6) is 0 Å². The zero-order chi connectivity index (χ0) is 20.1. The van der Waals surface area contributed by atoms with Crippen molar-refractivity contribution in [3.8, 4) is 11.4 Å². The lowest BCUT2D eigenvalue weighted by atomic mass is 9.94. The molecule has 1 amide bonds. The van der Waals surface area contributed by atoms with E-state index in [0.29, 0.717) is 5.69 Å². The van der Waals surface area contributed by atoms with Crippen LogP contribution in [0, 0.1) is 0 Å². The number of rotatable bonds is 6. The number of H-pyrrole nitrogens is 1. The lowest BCUT2D eigenvalue weighted by Crippen LogP contribution is -2.35. The van der Waals surface area contributed by atoms with Gasteiger partial charge in [-0.3, -0.25) is 9.89 Å². The molecule has 0 aliphatic carbocycles. The number of amides is 1. The first-order valence-electron chi connectivity index (χ1n) is 9.70. The average molecular weight is 392 g/mol. The molecule has 0 bridgehead atoms. The van der Waals surface area contributed by atoms with Crippen LogP contribution in [0.3, 0.4) is 0 Å². The maximum Gasteiger partial charge on any atom is 0.250 e. The summed E-state index contributed by atoms with van der Waals surface area (Å²) >= 11 is 0. The quantitative estimate of drug-likeness (QED) is 0.670. The van der Waals surface area contributed by atoms with Crippen LogP contribution in [0.25, 0.3) is 11.4 Å². The number of anilines is 2. The molecule has 1 saturated heterocycles. The van der Waals surface area contributed by atoms with Gasteiger partial charge in [0.1, 0.15) is 12.4 Å². The minimum absolute atomic E-state index is 0.0185. The predicted octanol–water partition coefficient (Wildman–Crippen LogP) is 2.84. The molecule has 0 saturated carbocycles. The largest absolute Gasteiger partial charge is 0.375 e. The number of carbonyl (C=O) groups excluding carboxylic acids is 1. The van der Waals surface area contributed by atoms with Gasteiger partial charge in [0.25, 0.3) is 0 Å². The van der Waals surface area contributed by atoms with Gasteiger partial charge in [-0.15, -0.1) is 0 Å². The van der Waals surface area contributed by atoms with Crippen molar-refractivity contribution in [1.82, 2.24) is 20.2 Å². The number of nitrogens with one attached hydrogen (secondary N) is 2. The molecule has 1 aliphatic rings. The zero-order valence-corrected chi connectivity index (χ0v) is 16.3. The summed E-state index contributed by atoms with van der Waals surface area (Å²) in [5.74, 6) is 1.66. The summed E-state index contributed by atoms with van der Waals surface area (Å²) < 4.78 is 4.90. The maximum atomic E-state index is 11.9. The third-order valence-corrected chi connectivity index (χ3v) is 5.04. The van der Waals surface area contributed by atoms with E-state index in [4.69, 9.17) is 9.72 Å². The second-order valence-corrected chi connectivity index (χ2v) is 7.07. The van der Waals surface area contributed by atoms with Crippen molar-refractivity contribution in [3.05, 3.63) is 54.5 Å². The number of hydrogen-bond acceptors (Lipinski definition) is 6. The van der Waals surface area contributed by atoms with Gasteiger partial charge < -0.3 is 15.0 Å². The molecule has 2 N–H and O–H groups in total. The molecule has 0 radical (unpaired) electrons. The van der Waals surface area contributed by atoms with Crippen LogP contribution in [0.15, 0.2) is 48.8 Å². The fraction of sp³-hybridized carbons (Fsp3) is 0.333. The van der Waals surface area contributed by atoms with Crippen LogP contribution in [0.2, 0.25) is 0 Å². The first-order valence-corrected chi connectivity index (χ1v) is 9.70. The van der Waals surface area contributed by atoms with Crippen LogP contribution in [0.1, 0.15) is 24.5 Å². The lowest BCUT2D eigenvalue weighted by molar-refractivity contribution is -0.119. The van der Waals surface area contributed by atoms with Crippen molar-refractivity contribution >= 4 is 17.4 Å². The van der Waals surface area contributed by atoms with E-state index < -0.39 is 0 Å². The number of aromatic amines is 1. The fourth-order valence-electron chi connectivity index (χ4n) is 3.70. The minimum atomic E-state index is -0.189. The fourth-order valence-corrected chi connectivity index (χ4v) is 3.70. The molecule has 1 atom stereocenters. The van der Waals surface area contributed by atoms with Crippen LogP contribution in [-0.2, 0) is 9.53 Å². The van der Waals surface area contributed by atoms with E-state index >= 15 is 0 Å². The van der Waals surface area contributed by atoms with Gasteiger partial charge in [-0.1, -0.05) is 30.3 Å².